The number of carboxylic acids is 1. The zero-order valence-corrected chi connectivity index (χ0v) is 7.34. The summed E-state index contributed by atoms with van der Waals surface area (Å²) in [6.07, 6.45) is 0.126. The van der Waals surface area contributed by atoms with Gasteiger partial charge in [0.15, 0.2) is 0 Å². The Bertz CT molecular complexity index is 130. The number of aliphatic carboxylic acids is 1. The lowest BCUT2D eigenvalue weighted by atomic mass is 10.2. The molecule has 0 fully saturated rings. The van der Waals surface area contributed by atoms with Gasteiger partial charge in [-0.05, 0) is 7.05 Å². The molecule has 0 rings (SSSR count). The molecular weight excluding hydrogens is 158 g/mol. The van der Waals surface area contributed by atoms with Crippen molar-refractivity contribution in [2.45, 2.75) is 12.5 Å². The molecular formula is C7H17N3O2. The molecule has 0 aliphatic heterocycles. The first kappa shape index (κ1) is 11.4. The van der Waals surface area contributed by atoms with Crippen molar-refractivity contribution in [2.24, 2.45) is 5.73 Å². The third kappa shape index (κ3) is 6.09. The van der Waals surface area contributed by atoms with Crippen LogP contribution in [0, 0.1) is 0 Å². The van der Waals surface area contributed by atoms with E-state index < -0.39 is 5.97 Å². The first-order valence-electron chi connectivity index (χ1n) is 4.00. The van der Waals surface area contributed by atoms with Crippen LogP contribution in [0.5, 0.6) is 0 Å². The summed E-state index contributed by atoms with van der Waals surface area (Å²) in [4.78, 5) is 10.3. The van der Waals surface area contributed by atoms with Gasteiger partial charge in [-0.15, -0.1) is 0 Å². The molecule has 0 heterocycles. The van der Waals surface area contributed by atoms with Crippen LogP contribution in [0.2, 0.25) is 0 Å². The minimum atomic E-state index is -0.792. The molecule has 0 radical (unpaired) electrons. The molecule has 1 unspecified atom stereocenters. The van der Waals surface area contributed by atoms with Crippen LogP contribution in [0.1, 0.15) is 6.42 Å². The number of hydrogen-bond acceptors (Lipinski definition) is 4. The van der Waals surface area contributed by atoms with Gasteiger partial charge in [-0.1, -0.05) is 0 Å². The van der Waals surface area contributed by atoms with Crippen LogP contribution in [0.25, 0.3) is 0 Å². The standard InChI is InChI=1S/C7H17N3O2/c1-9-5-6(4-7(11)12)10-3-2-8/h6,9-10H,2-5,8H2,1H3,(H,11,12). The Labute approximate surface area is 72.3 Å². The summed E-state index contributed by atoms with van der Waals surface area (Å²) in [7, 11) is 1.79. The van der Waals surface area contributed by atoms with Gasteiger partial charge in [0.05, 0.1) is 6.42 Å². The summed E-state index contributed by atoms with van der Waals surface area (Å²) in [5.41, 5.74) is 5.27. The van der Waals surface area contributed by atoms with Crippen molar-refractivity contribution in [2.75, 3.05) is 26.7 Å². The zero-order valence-electron chi connectivity index (χ0n) is 7.34. The summed E-state index contributed by atoms with van der Waals surface area (Å²) in [6.45, 7) is 1.83. The fourth-order valence-electron chi connectivity index (χ4n) is 0.961. The monoisotopic (exact) mass is 175 g/mol. The number of likely N-dealkylation sites (N-methyl/N-ethyl adjacent to an activating group) is 1. The second-order valence-electron chi connectivity index (χ2n) is 2.60. The van der Waals surface area contributed by atoms with E-state index in [0.29, 0.717) is 19.6 Å². The van der Waals surface area contributed by atoms with E-state index in [2.05, 4.69) is 10.6 Å². The van der Waals surface area contributed by atoms with Gasteiger partial charge >= 0.3 is 5.97 Å². The Kier molecular flexibility index (Phi) is 6.64. The molecule has 1 atom stereocenters. The zero-order chi connectivity index (χ0) is 9.40. The van der Waals surface area contributed by atoms with Crippen LogP contribution in [0.4, 0.5) is 0 Å². The molecule has 0 spiro atoms. The number of carboxylic acid groups (broad SMARTS) is 1. The lowest BCUT2D eigenvalue weighted by molar-refractivity contribution is -0.137. The lowest BCUT2D eigenvalue weighted by Gasteiger charge is -2.15. The quantitative estimate of drug-likeness (QED) is 0.382. The van der Waals surface area contributed by atoms with Crippen LogP contribution >= 0.6 is 0 Å². The van der Waals surface area contributed by atoms with Crippen LogP contribution < -0.4 is 16.4 Å². The SMILES string of the molecule is CNCC(CC(=O)O)NCCN. The van der Waals surface area contributed by atoms with E-state index in [4.69, 9.17) is 10.8 Å². The molecule has 0 bridgehead atoms. The highest BCUT2D eigenvalue weighted by Crippen LogP contribution is 1.89. The fourth-order valence-corrected chi connectivity index (χ4v) is 0.961. The number of nitrogens with one attached hydrogen (secondary N) is 2. The van der Waals surface area contributed by atoms with Gasteiger partial charge in [0, 0.05) is 25.7 Å². The van der Waals surface area contributed by atoms with Gasteiger partial charge in [0.1, 0.15) is 0 Å². The third-order valence-corrected chi connectivity index (χ3v) is 1.45. The Morgan fingerprint density at radius 3 is 2.75 bits per heavy atom. The number of nitrogens with two attached hydrogens (primary N) is 1. The topological polar surface area (TPSA) is 87.4 Å². The molecule has 0 saturated carbocycles. The second-order valence-corrected chi connectivity index (χ2v) is 2.60. The lowest BCUT2D eigenvalue weighted by Crippen LogP contribution is -2.41. The smallest absolute Gasteiger partial charge is 0.304 e. The molecule has 0 aliphatic carbocycles. The van der Waals surface area contributed by atoms with Crippen molar-refractivity contribution < 1.29 is 9.90 Å². The molecule has 5 N–H and O–H groups in total. The number of rotatable bonds is 7. The molecule has 0 amide bonds. The summed E-state index contributed by atoms with van der Waals surface area (Å²) in [6, 6.07) is -0.0314. The Morgan fingerprint density at radius 1 is 1.67 bits per heavy atom. The summed E-state index contributed by atoms with van der Waals surface area (Å²) < 4.78 is 0. The Hall–Kier alpha value is -0.650. The average molecular weight is 175 g/mol. The molecule has 72 valence electrons. The van der Waals surface area contributed by atoms with Gasteiger partial charge < -0.3 is 21.5 Å². The van der Waals surface area contributed by atoms with E-state index in [1.807, 2.05) is 0 Å². The molecule has 0 aromatic rings. The number of hydrogen-bond donors (Lipinski definition) is 4. The highest BCUT2D eigenvalue weighted by Gasteiger charge is 2.10. The van der Waals surface area contributed by atoms with Gasteiger partial charge in [-0.25, -0.2) is 0 Å². The largest absolute Gasteiger partial charge is 0.481 e. The molecule has 0 saturated heterocycles. The van der Waals surface area contributed by atoms with E-state index in [0.717, 1.165) is 0 Å². The van der Waals surface area contributed by atoms with E-state index in [1.54, 1.807) is 7.05 Å². The first-order valence-corrected chi connectivity index (χ1v) is 4.00. The summed E-state index contributed by atoms with van der Waals surface area (Å²) in [5.74, 6) is -0.792. The normalized spacial score (nSPS) is 12.8. The predicted octanol–water partition coefficient (Wildman–Crippen LogP) is -1.40. The van der Waals surface area contributed by atoms with Crippen LogP contribution in [-0.2, 0) is 4.79 Å². The van der Waals surface area contributed by atoms with E-state index in [1.165, 1.54) is 0 Å². The maximum absolute atomic E-state index is 10.3. The molecule has 0 aliphatic rings. The van der Waals surface area contributed by atoms with Crippen molar-refractivity contribution in [1.82, 2.24) is 10.6 Å². The van der Waals surface area contributed by atoms with Gasteiger partial charge in [-0.3, -0.25) is 4.79 Å². The Balaban J connectivity index is 3.61. The second kappa shape index (κ2) is 7.02. The van der Waals surface area contributed by atoms with Crippen molar-refractivity contribution in [3.63, 3.8) is 0 Å². The van der Waals surface area contributed by atoms with Gasteiger partial charge in [-0.2, -0.15) is 0 Å². The third-order valence-electron chi connectivity index (χ3n) is 1.45. The number of carbonyl (C=O) groups is 1. The molecule has 5 nitrogen and oxygen atoms in total. The fraction of sp³-hybridized carbons (Fsp3) is 0.857. The van der Waals surface area contributed by atoms with E-state index in [-0.39, 0.29) is 12.5 Å². The first-order chi connectivity index (χ1) is 5.70. The minimum absolute atomic E-state index is 0.0314. The molecule has 12 heavy (non-hydrogen) atoms. The summed E-state index contributed by atoms with van der Waals surface area (Å²) >= 11 is 0. The maximum Gasteiger partial charge on any atom is 0.304 e. The van der Waals surface area contributed by atoms with E-state index in [9.17, 15) is 4.79 Å². The minimum Gasteiger partial charge on any atom is -0.481 e. The van der Waals surface area contributed by atoms with Crippen molar-refractivity contribution in [3.8, 4) is 0 Å². The highest BCUT2D eigenvalue weighted by molar-refractivity contribution is 5.67. The Morgan fingerprint density at radius 2 is 2.33 bits per heavy atom. The average Bonchev–Trinajstić information content (AvgIpc) is 2.00. The van der Waals surface area contributed by atoms with E-state index >= 15 is 0 Å². The van der Waals surface area contributed by atoms with Gasteiger partial charge in [0.25, 0.3) is 0 Å². The van der Waals surface area contributed by atoms with Crippen molar-refractivity contribution in [3.05, 3.63) is 0 Å². The molecule has 5 heteroatoms. The van der Waals surface area contributed by atoms with Crippen LogP contribution in [0.15, 0.2) is 0 Å². The van der Waals surface area contributed by atoms with Crippen molar-refractivity contribution >= 4 is 5.97 Å². The van der Waals surface area contributed by atoms with Crippen LogP contribution in [0.3, 0.4) is 0 Å². The van der Waals surface area contributed by atoms with Gasteiger partial charge in [0.2, 0.25) is 0 Å². The van der Waals surface area contributed by atoms with Crippen molar-refractivity contribution in [1.29, 1.82) is 0 Å². The highest BCUT2D eigenvalue weighted by atomic mass is 16.4. The maximum atomic E-state index is 10.3. The molecule has 0 aromatic carbocycles. The van der Waals surface area contributed by atoms with Crippen LogP contribution in [-0.4, -0.2) is 43.8 Å². The summed E-state index contributed by atoms with van der Waals surface area (Å²) in [5, 5.41) is 14.5. The predicted molar refractivity (Wildman–Crippen MR) is 47.0 cm³/mol. The molecule has 0 aromatic heterocycles.